The van der Waals surface area contributed by atoms with Crippen molar-refractivity contribution in [1.82, 2.24) is 0 Å². The maximum absolute atomic E-state index is 2.33. The lowest BCUT2D eigenvalue weighted by atomic mass is 9.97. The fraction of sp³-hybridized carbons (Fsp3) is 0.100. The van der Waals surface area contributed by atoms with Crippen molar-refractivity contribution in [3.63, 3.8) is 0 Å². The third-order valence-electron chi connectivity index (χ3n) is 4.24. The van der Waals surface area contributed by atoms with Crippen LogP contribution in [0.4, 0.5) is 0 Å². The van der Waals surface area contributed by atoms with E-state index in [1.165, 1.54) is 44.2 Å². The molecule has 0 radical (unpaired) electrons. The van der Waals surface area contributed by atoms with E-state index < -0.39 is 0 Å². The number of fused-ring (bicyclic) bond motifs is 3. The maximum atomic E-state index is 2.33. The predicted molar refractivity (Wildman–Crippen MR) is 87.8 cm³/mol. The van der Waals surface area contributed by atoms with Gasteiger partial charge in [-0.15, -0.1) is 0 Å². The highest BCUT2D eigenvalue weighted by Crippen LogP contribution is 2.47. The van der Waals surface area contributed by atoms with Crippen LogP contribution in [0.1, 0.15) is 18.1 Å². The highest BCUT2D eigenvalue weighted by atomic mass is 14.2. The minimum Gasteiger partial charge on any atom is -0.0871 e. The highest BCUT2D eigenvalue weighted by Gasteiger charge is 2.21. The van der Waals surface area contributed by atoms with E-state index in [0.29, 0.717) is 0 Å². The topological polar surface area (TPSA) is 0 Å². The van der Waals surface area contributed by atoms with Gasteiger partial charge in [-0.05, 0) is 64.1 Å². The Labute approximate surface area is 119 Å². The number of aryl methyl sites for hydroxylation is 1. The summed E-state index contributed by atoms with van der Waals surface area (Å²) in [5, 5.41) is 2.74. The Balaban J connectivity index is 2.13. The van der Waals surface area contributed by atoms with E-state index >= 15 is 0 Å². The third-order valence-corrected chi connectivity index (χ3v) is 4.24. The maximum Gasteiger partial charge on any atom is -0.00264 e. The fourth-order valence-corrected chi connectivity index (χ4v) is 3.32. The summed E-state index contributed by atoms with van der Waals surface area (Å²) in [6.07, 6.45) is 4.30. The van der Waals surface area contributed by atoms with Crippen LogP contribution >= 0.6 is 0 Å². The standard InChI is InChI=1S/C20H16/c1-3-6-15-12-19-17-10-5-8-14-7-4-9-16(20(14)17)18(19)11-13(15)2/h3-12H,1-2H3/b6-3-. The Morgan fingerprint density at radius 1 is 0.800 bits per heavy atom. The van der Waals surface area contributed by atoms with Crippen molar-refractivity contribution in [2.45, 2.75) is 13.8 Å². The molecule has 0 saturated carbocycles. The van der Waals surface area contributed by atoms with Gasteiger partial charge in [-0.3, -0.25) is 0 Å². The highest BCUT2D eigenvalue weighted by molar-refractivity contribution is 6.15. The summed E-state index contributed by atoms with van der Waals surface area (Å²) in [4.78, 5) is 0. The molecule has 4 rings (SSSR count). The lowest BCUT2D eigenvalue weighted by Crippen LogP contribution is -1.84. The Hall–Kier alpha value is -2.34. The van der Waals surface area contributed by atoms with Gasteiger partial charge in [-0.1, -0.05) is 54.6 Å². The summed E-state index contributed by atoms with van der Waals surface area (Å²) in [5.74, 6) is 0. The van der Waals surface area contributed by atoms with Crippen LogP contribution in [0.3, 0.4) is 0 Å². The quantitative estimate of drug-likeness (QED) is 0.402. The zero-order valence-electron chi connectivity index (χ0n) is 11.8. The molecule has 0 bridgehead atoms. The zero-order chi connectivity index (χ0) is 13.7. The monoisotopic (exact) mass is 256 g/mol. The second kappa shape index (κ2) is 4.08. The Bertz CT molecular complexity index is 861. The number of benzene rings is 3. The molecule has 0 unspecified atom stereocenters. The molecule has 1 aliphatic carbocycles. The third kappa shape index (κ3) is 1.42. The SMILES string of the molecule is C/C=C\c1cc2c(cc1C)-c1cccc3cccc-2c13. The molecule has 0 spiro atoms. The van der Waals surface area contributed by atoms with Crippen molar-refractivity contribution in [3.05, 3.63) is 65.7 Å². The van der Waals surface area contributed by atoms with Crippen LogP contribution in [0, 0.1) is 6.92 Å². The van der Waals surface area contributed by atoms with Gasteiger partial charge in [-0.2, -0.15) is 0 Å². The van der Waals surface area contributed by atoms with Crippen LogP contribution < -0.4 is 0 Å². The molecule has 3 aromatic rings. The first-order chi connectivity index (χ1) is 9.79. The minimum absolute atomic E-state index is 1.32. The van der Waals surface area contributed by atoms with Crippen molar-refractivity contribution in [2.24, 2.45) is 0 Å². The lowest BCUT2D eigenvalue weighted by molar-refractivity contribution is 1.45. The summed E-state index contributed by atoms with van der Waals surface area (Å²) in [6.45, 7) is 4.26. The van der Waals surface area contributed by atoms with E-state index in [0.717, 1.165) is 0 Å². The van der Waals surface area contributed by atoms with Crippen LogP contribution in [0.2, 0.25) is 0 Å². The number of hydrogen-bond acceptors (Lipinski definition) is 0. The van der Waals surface area contributed by atoms with Gasteiger partial charge in [0, 0.05) is 0 Å². The molecular formula is C20H16. The molecule has 0 fully saturated rings. The molecule has 0 amide bonds. The number of allylic oxidation sites excluding steroid dienone is 1. The second-order valence-corrected chi connectivity index (χ2v) is 5.46. The van der Waals surface area contributed by atoms with Crippen LogP contribution in [0.5, 0.6) is 0 Å². The van der Waals surface area contributed by atoms with Crippen LogP contribution in [-0.4, -0.2) is 0 Å². The molecule has 0 nitrogen and oxygen atoms in total. The molecule has 0 heteroatoms. The van der Waals surface area contributed by atoms with E-state index in [9.17, 15) is 0 Å². The molecular weight excluding hydrogens is 240 g/mol. The van der Waals surface area contributed by atoms with E-state index in [-0.39, 0.29) is 0 Å². The molecule has 0 atom stereocenters. The molecule has 96 valence electrons. The molecule has 0 N–H and O–H groups in total. The van der Waals surface area contributed by atoms with E-state index in [4.69, 9.17) is 0 Å². The fourth-order valence-electron chi connectivity index (χ4n) is 3.32. The molecule has 1 aliphatic rings. The van der Waals surface area contributed by atoms with Gasteiger partial charge < -0.3 is 0 Å². The summed E-state index contributed by atoms with van der Waals surface area (Å²) < 4.78 is 0. The normalized spacial score (nSPS) is 12.3. The molecule has 3 aromatic carbocycles. The van der Waals surface area contributed by atoms with Gasteiger partial charge in [0.1, 0.15) is 0 Å². The smallest absolute Gasteiger partial charge is 0.00264 e. The van der Waals surface area contributed by atoms with Crippen LogP contribution in [0.25, 0.3) is 39.1 Å². The first-order valence-corrected chi connectivity index (χ1v) is 7.09. The summed E-state index contributed by atoms with van der Waals surface area (Å²) in [5.41, 5.74) is 8.16. The molecule has 0 heterocycles. The lowest BCUT2D eigenvalue weighted by Gasteiger charge is -2.07. The van der Waals surface area contributed by atoms with E-state index in [2.05, 4.69) is 74.5 Å². The Morgan fingerprint density at radius 3 is 2.10 bits per heavy atom. The molecule has 0 aromatic heterocycles. The van der Waals surface area contributed by atoms with E-state index in [1.807, 2.05) is 0 Å². The van der Waals surface area contributed by atoms with Gasteiger partial charge >= 0.3 is 0 Å². The number of rotatable bonds is 1. The summed E-state index contributed by atoms with van der Waals surface area (Å²) in [7, 11) is 0. The van der Waals surface area contributed by atoms with Gasteiger partial charge in [0.25, 0.3) is 0 Å². The first-order valence-electron chi connectivity index (χ1n) is 7.09. The Morgan fingerprint density at radius 2 is 1.45 bits per heavy atom. The van der Waals surface area contributed by atoms with Crippen molar-refractivity contribution in [2.75, 3.05) is 0 Å². The van der Waals surface area contributed by atoms with E-state index in [1.54, 1.807) is 0 Å². The van der Waals surface area contributed by atoms with Gasteiger partial charge in [0.2, 0.25) is 0 Å². The molecule has 0 saturated heterocycles. The Kier molecular flexibility index (Phi) is 2.34. The minimum atomic E-state index is 1.32. The van der Waals surface area contributed by atoms with Crippen molar-refractivity contribution < 1.29 is 0 Å². The zero-order valence-corrected chi connectivity index (χ0v) is 11.8. The predicted octanol–water partition coefficient (Wildman–Crippen LogP) is 5.83. The average molecular weight is 256 g/mol. The van der Waals surface area contributed by atoms with Crippen molar-refractivity contribution in [1.29, 1.82) is 0 Å². The van der Waals surface area contributed by atoms with Gasteiger partial charge in [0.15, 0.2) is 0 Å². The van der Waals surface area contributed by atoms with Crippen LogP contribution in [0.15, 0.2) is 54.6 Å². The molecule has 20 heavy (non-hydrogen) atoms. The largest absolute Gasteiger partial charge is 0.0871 e. The van der Waals surface area contributed by atoms with Crippen molar-refractivity contribution >= 4 is 16.8 Å². The average Bonchev–Trinajstić information content (AvgIpc) is 2.77. The van der Waals surface area contributed by atoms with Crippen molar-refractivity contribution in [3.8, 4) is 22.3 Å². The van der Waals surface area contributed by atoms with Gasteiger partial charge in [-0.25, -0.2) is 0 Å². The number of hydrogen-bond donors (Lipinski definition) is 0. The summed E-state index contributed by atoms with van der Waals surface area (Å²) in [6, 6.07) is 17.9. The van der Waals surface area contributed by atoms with Crippen LogP contribution in [-0.2, 0) is 0 Å². The van der Waals surface area contributed by atoms with Gasteiger partial charge in [0.05, 0.1) is 0 Å². The molecule has 0 aliphatic heterocycles. The summed E-state index contributed by atoms with van der Waals surface area (Å²) >= 11 is 0. The second-order valence-electron chi connectivity index (χ2n) is 5.46. The first kappa shape index (κ1) is 11.5.